The van der Waals surface area contributed by atoms with Crippen LogP contribution in [0.15, 0.2) is 176 Å². The van der Waals surface area contributed by atoms with Crippen molar-refractivity contribution in [1.29, 1.82) is 0 Å². The number of fused-ring (bicyclic) bond motifs is 6. The minimum atomic E-state index is 0.747. The molecule has 0 saturated carbocycles. The number of rotatable bonds is 5. The molecule has 3 heterocycles. The van der Waals surface area contributed by atoms with Crippen LogP contribution in [0.4, 0.5) is 0 Å². The molecule has 0 radical (unpaired) electrons. The number of para-hydroxylation sites is 2. The van der Waals surface area contributed by atoms with Crippen molar-refractivity contribution in [3.8, 4) is 50.6 Å². The fourth-order valence-corrected chi connectivity index (χ4v) is 8.41. The molecule has 7 aromatic carbocycles. The van der Waals surface area contributed by atoms with Crippen LogP contribution in [-0.4, -0.2) is 14.5 Å². The van der Waals surface area contributed by atoms with Crippen molar-refractivity contribution in [1.82, 2.24) is 14.5 Å². The Morgan fingerprint density at radius 1 is 0.400 bits per heavy atom. The van der Waals surface area contributed by atoms with Crippen LogP contribution in [0.5, 0.6) is 0 Å². The van der Waals surface area contributed by atoms with Crippen LogP contribution >= 0.6 is 11.3 Å². The van der Waals surface area contributed by atoms with E-state index in [1.54, 1.807) is 11.3 Å². The second-order valence-corrected chi connectivity index (χ2v) is 13.7. The summed E-state index contributed by atoms with van der Waals surface area (Å²) in [5.74, 6) is 0.747. The molecule has 0 atom stereocenters. The van der Waals surface area contributed by atoms with E-state index >= 15 is 0 Å². The zero-order valence-electron chi connectivity index (χ0n) is 27.0. The standard InChI is InChI=1S/C46H29N3S/c1-4-13-30(14-5-1)43-45-44(48-46(47-43)31-15-6-2-7-16-31)39-26-24-35(29-42(39)50-45)33-18-12-17-32(27-33)34-23-25-38-37-21-10-11-22-40(37)49(41(38)28-34)36-19-8-3-9-20-36/h1-29H. The summed E-state index contributed by atoms with van der Waals surface area (Å²) in [6.07, 6.45) is 0. The summed E-state index contributed by atoms with van der Waals surface area (Å²) in [6, 6.07) is 62.6. The zero-order valence-corrected chi connectivity index (χ0v) is 27.8. The van der Waals surface area contributed by atoms with Crippen LogP contribution in [0.3, 0.4) is 0 Å². The zero-order chi connectivity index (χ0) is 33.0. The maximum Gasteiger partial charge on any atom is 0.160 e. The van der Waals surface area contributed by atoms with Crippen LogP contribution in [-0.2, 0) is 0 Å². The summed E-state index contributed by atoms with van der Waals surface area (Å²) in [4.78, 5) is 10.3. The van der Waals surface area contributed by atoms with Gasteiger partial charge < -0.3 is 4.57 Å². The second-order valence-electron chi connectivity index (χ2n) is 12.6. The number of thiophene rings is 1. The SMILES string of the molecule is c1ccc(-c2nc(-c3ccccc3)c3sc4cc(-c5cccc(-c6ccc7c8ccccc8n(-c8ccccc8)c7c6)c5)ccc4c3n2)cc1. The molecule has 50 heavy (non-hydrogen) atoms. The molecule has 0 aliphatic heterocycles. The summed E-state index contributed by atoms with van der Waals surface area (Å²) in [5, 5.41) is 3.67. The van der Waals surface area contributed by atoms with Gasteiger partial charge in [0.15, 0.2) is 5.82 Å². The van der Waals surface area contributed by atoms with Crippen molar-refractivity contribution < 1.29 is 0 Å². The van der Waals surface area contributed by atoms with Crippen molar-refractivity contribution >= 4 is 53.4 Å². The molecule has 234 valence electrons. The summed E-state index contributed by atoms with van der Waals surface area (Å²) in [7, 11) is 0. The van der Waals surface area contributed by atoms with Crippen LogP contribution in [0.25, 0.3) is 92.7 Å². The van der Waals surface area contributed by atoms with Gasteiger partial charge in [-0.2, -0.15) is 0 Å². The fourth-order valence-electron chi connectivity index (χ4n) is 7.21. The lowest BCUT2D eigenvalue weighted by Gasteiger charge is -2.10. The van der Waals surface area contributed by atoms with Gasteiger partial charge in [0.2, 0.25) is 0 Å². The van der Waals surface area contributed by atoms with E-state index in [1.165, 1.54) is 48.8 Å². The van der Waals surface area contributed by atoms with Crippen molar-refractivity contribution in [3.63, 3.8) is 0 Å². The number of benzene rings is 7. The Morgan fingerprint density at radius 3 is 1.74 bits per heavy atom. The van der Waals surface area contributed by atoms with Gasteiger partial charge in [0, 0.05) is 37.7 Å². The van der Waals surface area contributed by atoms with Crippen molar-refractivity contribution in [2.75, 3.05) is 0 Å². The van der Waals surface area contributed by atoms with Crippen molar-refractivity contribution in [3.05, 3.63) is 176 Å². The van der Waals surface area contributed by atoms with E-state index in [4.69, 9.17) is 9.97 Å². The summed E-state index contributed by atoms with van der Waals surface area (Å²) in [6.45, 7) is 0. The van der Waals surface area contributed by atoms with Gasteiger partial charge in [0.05, 0.1) is 26.9 Å². The highest BCUT2D eigenvalue weighted by atomic mass is 32.1. The predicted octanol–water partition coefficient (Wildman–Crippen LogP) is 12.6. The Bertz CT molecular complexity index is 2850. The van der Waals surface area contributed by atoms with Crippen molar-refractivity contribution in [2.24, 2.45) is 0 Å². The minimum Gasteiger partial charge on any atom is -0.309 e. The number of nitrogens with zero attached hydrogens (tertiary/aromatic N) is 3. The third-order valence-electron chi connectivity index (χ3n) is 9.61. The number of aromatic nitrogens is 3. The topological polar surface area (TPSA) is 30.7 Å². The molecule has 0 spiro atoms. The second kappa shape index (κ2) is 11.7. The molecule has 0 N–H and O–H groups in total. The lowest BCUT2D eigenvalue weighted by atomic mass is 9.98. The molecule has 0 saturated heterocycles. The molecular formula is C46H29N3S. The van der Waals surface area contributed by atoms with Crippen LogP contribution < -0.4 is 0 Å². The minimum absolute atomic E-state index is 0.747. The fraction of sp³-hybridized carbons (Fsp3) is 0. The highest BCUT2D eigenvalue weighted by molar-refractivity contribution is 7.26. The van der Waals surface area contributed by atoms with Gasteiger partial charge in [0.1, 0.15) is 0 Å². The molecule has 4 heteroatoms. The first-order chi connectivity index (χ1) is 24.8. The summed E-state index contributed by atoms with van der Waals surface area (Å²) < 4.78 is 4.69. The van der Waals surface area contributed by atoms with Gasteiger partial charge in [0.25, 0.3) is 0 Å². The van der Waals surface area contributed by atoms with Gasteiger partial charge in [-0.25, -0.2) is 9.97 Å². The molecule has 0 aliphatic rings. The molecule has 0 bridgehead atoms. The van der Waals surface area contributed by atoms with E-state index in [1.807, 2.05) is 24.3 Å². The highest BCUT2D eigenvalue weighted by Crippen LogP contribution is 2.41. The average Bonchev–Trinajstić information content (AvgIpc) is 3.73. The Morgan fingerprint density at radius 2 is 0.980 bits per heavy atom. The third-order valence-corrected chi connectivity index (χ3v) is 10.8. The van der Waals surface area contributed by atoms with Gasteiger partial charge in [-0.1, -0.05) is 140 Å². The van der Waals surface area contributed by atoms with E-state index < -0.39 is 0 Å². The van der Waals surface area contributed by atoms with Gasteiger partial charge in [-0.3, -0.25) is 0 Å². The van der Waals surface area contributed by atoms with E-state index in [0.29, 0.717) is 0 Å². The summed E-state index contributed by atoms with van der Waals surface area (Å²) in [5.41, 5.74) is 12.4. The molecule has 0 aliphatic carbocycles. The quantitative estimate of drug-likeness (QED) is 0.185. The average molecular weight is 656 g/mol. The van der Waals surface area contributed by atoms with Crippen LogP contribution in [0.1, 0.15) is 0 Å². The predicted molar refractivity (Wildman–Crippen MR) is 211 cm³/mol. The van der Waals surface area contributed by atoms with E-state index in [2.05, 4.69) is 156 Å². The molecular weight excluding hydrogens is 627 g/mol. The van der Waals surface area contributed by atoms with E-state index in [-0.39, 0.29) is 0 Å². The van der Waals surface area contributed by atoms with E-state index in [9.17, 15) is 0 Å². The van der Waals surface area contributed by atoms with Gasteiger partial charge in [-0.05, 0) is 58.7 Å². The molecule has 0 fully saturated rings. The monoisotopic (exact) mass is 655 g/mol. The number of hydrogen-bond donors (Lipinski definition) is 0. The normalized spacial score (nSPS) is 11.6. The molecule has 10 aromatic rings. The Hall–Kier alpha value is -6.36. The maximum absolute atomic E-state index is 5.14. The first-order valence-electron chi connectivity index (χ1n) is 16.8. The van der Waals surface area contributed by atoms with Crippen molar-refractivity contribution in [2.45, 2.75) is 0 Å². The Balaban J connectivity index is 1.10. The highest BCUT2D eigenvalue weighted by Gasteiger charge is 2.18. The third kappa shape index (κ3) is 4.73. The molecule has 3 aromatic heterocycles. The first-order valence-corrected chi connectivity index (χ1v) is 17.6. The lowest BCUT2D eigenvalue weighted by Crippen LogP contribution is -1.93. The largest absolute Gasteiger partial charge is 0.309 e. The van der Waals surface area contributed by atoms with Crippen LogP contribution in [0, 0.1) is 0 Å². The van der Waals surface area contributed by atoms with E-state index in [0.717, 1.165) is 43.9 Å². The Labute approximate surface area is 293 Å². The molecule has 10 rings (SSSR count). The summed E-state index contributed by atoms with van der Waals surface area (Å²) >= 11 is 1.77. The lowest BCUT2D eigenvalue weighted by molar-refractivity contribution is 1.18. The molecule has 0 unspecified atom stereocenters. The number of hydrogen-bond acceptors (Lipinski definition) is 3. The smallest absolute Gasteiger partial charge is 0.160 e. The first kappa shape index (κ1) is 28.6. The maximum atomic E-state index is 5.14. The van der Waals surface area contributed by atoms with Crippen LogP contribution in [0.2, 0.25) is 0 Å². The van der Waals surface area contributed by atoms with Gasteiger partial charge in [-0.15, -0.1) is 11.3 Å². The molecule has 3 nitrogen and oxygen atoms in total. The molecule has 0 amide bonds. The Kier molecular flexibility index (Phi) is 6.68. The van der Waals surface area contributed by atoms with Gasteiger partial charge >= 0.3 is 0 Å².